The largest absolute Gasteiger partial charge is 0.362 e. The zero-order valence-electron chi connectivity index (χ0n) is 13.8. The number of hydrogen-bond donors (Lipinski definition) is 1. The first-order valence-corrected chi connectivity index (χ1v) is 8.48. The summed E-state index contributed by atoms with van der Waals surface area (Å²) in [5.74, 6) is 1.87. The number of likely N-dealkylation sites (tertiary alicyclic amines) is 1. The maximum atomic E-state index is 13.0. The second-order valence-electron chi connectivity index (χ2n) is 7.31. The van der Waals surface area contributed by atoms with Gasteiger partial charge in [0.15, 0.2) is 5.78 Å². The zero-order valence-corrected chi connectivity index (χ0v) is 13.8. The molecular weight excluding hydrogens is 260 g/mol. The van der Waals surface area contributed by atoms with Crippen molar-refractivity contribution in [3.8, 4) is 0 Å². The van der Waals surface area contributed by atoms with Gasteiger partial charge in [-0.05, 0) is 50.1 Å². The van der Waals surface area contributed by atoms with Crippen LogP contribution in [0, 0.1) is 24.7 Å². The van der Waals surface area contributed by atoms with Crippen LogP contribution in [-0.4, -0.2) is 35.3 Å². The monoisotopic (exact) mass is 288 g/mol. The first kappa shape index (κ1) is 14.8. The fourth-order valence-corrected chi connectivity index (χ4v) is 4.37. The lowest BCUT2D eigenvalue weighted by Crippen LogP contribution is -2.47. The number of rotatable bonds is 3. The molecule has 2 atom stereocenters. The van der Waals surface area contributed by atoms with Gasteiger partial charge < -0.3 is 9.88 Å². The quantitative estimate of drug-likeness (QED) is 0.927. The Bertz CT molecular complexity index is 544. The van der Waals surface area contributed by atoms with Crippen LogP contribution in [0.5, 0.6) is 0 Å². The second kappa shape index (κ2) is 5.60. The summed E-state index contributed by atoms with van der Waals surface area (Å²) in [4.78, 5) is 19.0. The molecule has 0 saturated carbocycles. The highest BCUT2D eigenvalue weighted by Crippen LogP contribution is 2.38. The number of nitrogens with zero attached hydrogens (tertiary/aromatic N) is 1. The molecule has 1 aliphatic heterocycles. The molecule has 1 aromatic heterocycles. The van der Waals surface area contributed by atoms with Crippen LogP contribution < -0.4 is 0 Å². The van der Waals surface area contributed by atoms with Crippen LogP contribution in [0.15, 0.2) is 0 Å². The van der Waals surface area contributed by atoms with Crippen molar-refractivity contribution in [2.75, 3.05) is 19.6 Å². The molecule has 1 fully saturated rings. The summed E-state index contributed by atoms with van der Waals surface area (Å²) in [6.07, 6.45) is 3.20. The first-order valence-electron chi connectivity index (χ1n) is 8.48. The van der Waals surface area contributed by atoms with E-state index < -0.39 is 0 Å². The van der Waals surface area contributed by atoms with Gasteiger partial charge in [-0.1, -0.05) is 20.8 Å². The van der Waals surface area contributed by atoms with E-state index in [0.29, 0.717) is 17.6 Å². The number of aromatic nitrogens is 1. The van der Waals surface area contributed by atoms with Crippen LogP contribution in [0.4, 0.5) is 0 Å². The summed E-state index contributed by atoms with van der Waals surface area (Å²) >= 11 is 0. The van der Waals surface area contributed by atoms with E-state index in [2.05, 4.69) is 37.6 Å². The number of fused-ring (bicyclic) bond motifs is 2. The highest BCUT2D eigenvalue weighted by atomic mass is 16.1. The van der Waals surface area contributed by atoms with Gasteiger partial charge >= 0.3 is 0 Å². The van der Waals surface area contributed by atoms with Gasteiger partial charge in [-0.15, -0.1) is 0 Å². The average Bonchev–Trinajstić information content (AvgIpc) is 2.74. The summed E-state index contributed by atoms with van der Waals surface area (Å²) in [6, 6.07) is 0. The normalized spacial score (nSPS) is 26.0. The van der Waals surface area contributed by atoms with E-state index >= 15 is 0 Å². The Hall–Kier alpha value is -1.09. The minimum atomic E-state index is 0.227. The molecule has 1 aromatic rings. The Labute approximate surface area is 128 Å². The zero-order chi connectivity index (χ0) is 15.1. The second-order valence-corrected chi connectivity index (χ2v) is 7.31. The molecule has 0 bridgehead atoms. The number of nitrogens with one attached hydrogen (secondary N) is 1. The number of Topliss-reactive ketones (excluding diaryl/α,β-unsaturated/α-hetero) is 1. The SMILES string of the molecule is CCc1c(C)[nH]c2c1C(=O)C1CN(CC(C)C)CCC1C2. The number of aryl methyl sites for hydroxylation is 1. The number of ketones is 1. The number of aromatic amines is 1. The smallest absolute Gasteiger partial charge is 0.169 e. The average molecular weight is 288 g/mol. The molecule has 21 heavy (non-hydrogen) atoms. The third-order valence-corrected chi connectivity index (χ3v) is 5.26. The van der Waals surface area contributed by atoms with Crippen molar-refractivity contribution in [1.82, 2.24) is 9.88 Å². The number of H-pyrrole nitrogens is 1. The molecular formula is C18H28N2O. The number of carbonyl (C=O) groups is 1. The van der Waals surface area contributed by atoms with Gasteiger partial charge in [0.05, 0.1) is 0 Å². The van der Waals surface area contributed by atoms with E-state index in [-0.39, 0.29) is 5.92 Å². The minimum Gasteiger partial charge on any atom is -0.362 e. The van der Waals surface area contributed by atoms with Gasteiger partial charge in [0, 0.05) is 36.0 Å². The standard InChI is InChI=1S/C18H28N2O/c1-5-14-12(4)19-16-8-13-6-7-20(9-11(2)3)10-15(13)18(21)17(14)16/h11,13,15,19H,5-10H2,1-4H3. The van der Waals surface area contributed by atoms with E-state index in [4.69, 9.17) is 0 Å². The lowest BCUT2D eigenvalue weighted by atomic mass is 9.72. The van der Waals surface area contributed by atoms with Crippen molar-refractivity contribution in [2.24, 2.45) is 17.8 Å². The van der Waals surface area contributed by atoms with Gasteiger partial charge in [0.1, 0.15) is 0 Å². The maximum Gasteiger partial charge on any atom is 0.169 e. The van der Waals surface area contributed by atoms with Crippen molar-refractivity contribution < 1.29 is 4.79 Å². The van der Waals surface area contributed by atoms with Crippen molar-refractivity contribution in [3.63, 3.8) is 0 Å². The van der Waals surface area contributed by atoms with Crippen LogP contribution in [0.1, 0.15) is 54.5 Å². The van der Waals surface area contributed by atoms with Crippen LogP contribution in [-0.2, 0) is 12.8 Å². The van der Waals surface area contributed by atoms with Gasteiger partial charge in [0.25, 0.3) is 0 Å². The van der Waals surface area contributed by atoms with Crippen molar-refractivity contribution in [1.29, 1.82) is 0 Å². The molecule has 3 heteroatoms. The topological polar surface area (TPSA) is 36.1 Å². The molecule has 2 aliphatic rings. The molecule has 1 N–H and O–H groups in total. The van der Waals surface area contributed by atoms with E-state index in [1.807, 2.05) is 0 Å². The Kier molecular flexibility index (Phi) is 3.96. The van der Waals surface area contributed by atoms with Crippen molar-refractivity contribution in [2.45, 2.75) is 47.0 Å². The highest BCUT2D eigenvalue weighted by molar-refractivity contribution is 6.02. The predicted molar refractivity (Wildman–Crippen MR) is 85.8 cm³/mol. The number of piperidine rings is 1. The third-order valence-electron chi connectivity index (χ3n) is 5.26. The van der Waals surface area contributed by atoms with E-state index in [1.165, 1.54) is 23.4 Å². The Balaban J connectivity index is 1.87. The van der Waals surface area contributed by atoms with Crippen LogP contribution >= 0.6 is 0 Å². The molecule has 2 heterocycles. The summed E-state index contributed by atoms with van der Waals surface area (Å²) in [5.41, 5.74) is 4.72. The molecule has 1 aliphatic carbocycles. The van der Waals surface area contributed by atoms with E-state index in [9.17, 15) is 4.79 Å². The van der Waals surface area contributed by atoms with Crippen LogP contribution in [0.25, 0.3) is 0 Å². The predicted octanol–water partition coefficient (Wildman–Crippen LogP) is 3.22. The van der Waals surface area contributed by atoms with Gasteiger partial charge in [-0.3, -0.25) is 4.79 Å². The number of carbonyl (C=O) groups excluding carboxylic acids is 1. The molecule has 3 nitrogen and oxygen atoms in total. The molecule has 0 amide bonds. The summed E-state index contributed by atoms with van der Waals surface area (Å²) in [6.45, 7) is 12.0. The van der Waals surface area contributed by atoms with E-state index in [1.54, 1.807) is 0 Å². The minimum absolute atomic E-state index is 0.227. The van der Waals surface area contributed by atoms with Gasteiger partial charge in [-0.25, -0.2) is 0 Å². The molecule has 116 valence electrons. The third kappa shape index (κ3) is 2.57. The lowest BCUT2D eigenvalue weighted by Gasteiger charge is -2.40. The van der Waals surface area contributed by atoms with Crippen molar-refractivity contribution >= 4 is 5.78 Å². The molecule has 0 aromatic carbocycles. The molecule has 0 spiro atoms. The molecule has 0 radical (unpaired) electrons. The highest BCUT2D eigenvalue weighted by Gasteiger charge is 2.41. The molecule has 1 saturated heterocycles. The summed E-state index contributed by atoms with van der Waals surface area (Å²) in [5, 5.41) is 0. The van der Waals surface area contributed by atoms with Crippen molar-refractivity contribution in [3.05, 3.63) is 22.5 Å². The Morgan fingerprint density at radius 2 is 2.14 bits per heavy atom. The number of hydrogen-bond acceptors (Lipinski definition) is 2. The van der Waals surface area contributed by atoms with E-state index in [0.717, 1.165) is 38.0 Å². The summed E-state index contributed by atoms with van der Waals surface area (Å²) in [7, 11) is 0. The summed E-state index contributed by atoms with van der Waals surface area (Å²) < 4.78 is 0. The Morgan fingerprint density at radius 3 is 2.81 bits per heavy atom. The Morgan fingerprint density at radius 1 is 1.38 bits per heavy atom. The molecule has 2 unspecified atom stereocenters. The van der Waals surface area contributed by atoms with Crippen LogP contribution in [0.2, 0.25) is 0 Å². The van der Waals surface area contributed by atoms with Gasteiger partial charge in [0.2, 0.25) is 0 Å². The maximum absolute atomic E-state index is 13.0. The van der Waals surface area contributed by atoms with Gasteiger partial charge in [-0.2, -0.15) is 0 Å². The first-order chi connectivity index (χ1) is 10.0. The lowest BCUT2D eigenvalue weighted by molar-refractivity contribution is 0.0636. The van der Waals surface area contributed by atoms with Crippen LogP contribution in [0.3, 0.4) is 0 Å². The fourth-order valence-electron chi connectivity index (χ4n) is 4.37. The molecule has 3 rings (SSSR count). The fraction of sp³-hybridized carbons (Fsp3) is 0.722.